The summed E-state index contributed by atoms with van der Waals surface area (Å²) in [7, 11) is 4.36. The van der Waals surface area contributed by atoms with Gasteiger partial charge in [-0.3, -0.25) is 9.59 Å². The number of rotatable bonds is 6. The maximum absolute atomic E-state index is 12.5. The van der Waals surface area contributed by atoms with Crippen molar-refractivity contribution in [2.24, 2.45) is 0 Å². The summed E-state index contributed by atoms with van der Waals surface area (Å²) in [4.78, 5) is 27.8. The molecule has 0 aliphatic carbocycles. The zero-order valence-electron chi connectivity index (χ0n) is 13.3. The van der Waals surface area contributed by atoms with Crippen LogP contribution in [0.5, 0.6) is 17.2 Å². The van der Waals surface area contributed by atoms with Crippen molar-refractivity contribution in [3.63, 3.8) is 0 Å². The third-order valence-corrected chi connectivity index (χ3v) is 3.38. The van der Waals surface area contributed by atoms with Crippen LogP contribution >= 0.6 is 11.6 Å². The third kappa shape index (κ3) is 3.57. The zero-order valence-corrected chi connectivity index (χ0v) is 14.0. The van der Waals surface area contributed by atoms with Crippen molar-refractivity contribution in [1.82, 2.24) is 4.98 Å². The maximum Gasteiger partial charge on any atom is 0.257 e. The molecular formula is C16H15ClN2O5. The molecule has 0 aliphatic heterocycles. The largest absolute Gasteiger partial charge is 0.493 e. The van der Waals surface area contributed by atoms with E-state index in [4.69, 9.17) is 25.8 Å². The lowest BCUT2D eigenvalue weighted by atomic mass is 10.1. The van der Waals surface area contributed by atoms with Gasteiger partial charge in [-0.25, -0.2) is 4.98 Å². The molecule has 0 radical (unpaired) electrons. The fourth-order valence-electron chi connectivity index (χ4n) is 2.06. The summed E-state index contributed by atoms with van der Waals surface area (Å²) in [5, 5.41) is 1.82. The van der Waals surface area contributed by atoms with Crippen molar-refractivity contribution in [1.29, 1.82) is 0 Å². The molecule has 2 rings (SSSR count). The predicted octanol–water partition coefficient (Wildman–Crippen LogP) is 2.74. The van der Waals surface area contributed by atoms with E-state index in [1.807, 2.05) is 0 Å². The maximum atomic E-state index is 12.5. The minimum Gasteiger partial charge on any atom is -0.493 e. The molecule has 0 saturated heterocycles. The normalized spacial score (nSPS) is 10.0. The van der Waals surface area contributed by atoms with Crippen molar-refractivity contribution < 1.29 is 23.8 Å². The van der Waals surface area contributed by atoms with Crippen molar-refractivity contribution in [3.8, 4) is 17.2 Å². The Bertz CT molecular complexity index is 754. The number of carbonyl (C=O) groups is 2. The molecule has 1 aromatic carbocycles. The summed E-state index contributed by atoms with van der Waals surface area (Å²) in [5.74, 6) is 0.586. The molecule has 2 aromatic rings. The fourth-order valence-corrected chi connectivity index (χ4v) is 2.21. The number of amides is 1. The minimum atomic E-state index is -0.719. The number of aromatic nitrogens is 1. The first kappa shape index (κ1) is 17.6. The highest BCUT2D eigenvalue weighted by atomic mass is 35.5. The SMILES string of the molecule is COc1cc(C(=O)Nc2ncccc2C(=O)Cl)cc(OC)c1OC. The van der Waals surface area contributed by atoms with Crippen LogP contribution in [0.1, 0.15) is 20.7 Å². The summed E-state index contributed by atoms with van der Waals surface area (Å²) in [6, 6.07) is 5.99. The summed E-state index contributed by atoms with van der Waals surface area (Å²) in [6.07, 6.45) is 1.44. The number of hydrogen-bond donors (Lipinski definition) is 1. The van der Waals surface area contributed by atoms with Crippen molar-refractivity contribution in [3.05, 3.63) is 41.6 Å². The number of anilines is 1. The summed E-state index contributed by atoms with van der Waals surface area (Å²) < 4.78 is 15.6. The van der Waals surface area contributed by atoms with E-state index in [0.717, 1.165) is 0 Å². The minimum absolute atomic E-state index is 0.0660. The Balaban J connectivity index is 2.39. The zero-order chi connectivity index (χ0) is 17.7. The Kier molecular flexibility index (Phi) is 5.59. The topological polar surface area (TPSA) is 86.8 Å². The third-order valence-electron chi connectivity index (χ3n) is 3.18. The van der Waals surface area contributed by atoms with E-state index in [0.29, 0.717) is 17.2 Å². The van der Waals surface area contributed by atoms with Crippen LogP contribution in [0, 0.1) is 0 Å². The molecule has 0 spiro atoms. The first-order valence-corrected chi connectivity index (χ1v) is 7.15. The van der Waals surface area contributed by atoms with Gasteiger partial charge in [-0.2, -0.15) is 0 Å². The summed E-state index contributed by atoms with van der Waals surface area (Å²) in [6.45, 7) is 0. The number of carbonyl (C=O) groups excluding carboxylic acids is 2. The van der Waals surface area contributed by atoms with Crippen molar-refractivity contribution in [2.45, 2.75) is 0 Å². The summed E-state index contributed by atoms with van der Waals surface area (Å²) in [5.41, 5.74) is 0.336. The molecule has 1 amide bonds. The van der Waals surface area contributed by atoms with Gasteiger partial charge in [0.25, 0.3) is 11.1 Å². The Morgan fingerprint density at radius 1 is 1.08 bits per heavy atom. The number of nitrogens with zero attached hydrogens (tertiary/aromatic N) is 1. The van der Waals surface area contributed by atoms with Gasteiger partial charge in [0.1, 0.15) is 5.82 Å². The van der Waals surface area contributed by atoms with Crippen LogP contribution in [-0.4, -0.2) is 37.5 Å². The van der Waals surface area contributed by atoms with Crippen LogP contribution in [0.2, 0.25) is 0 Å². The average Bonchev–Trinajstić information content (AvgIpc) is 2.60. The van der Waals surface area contributed by atoms with Crippen LogP contribution in [0.25, 0.3) is 0 Å². The lowest BCUT2D eigenvalue weighted by Crippen LogP contribution is -2.15. The van der Waals surface area contributed by atoms with Crippen LogP contribution in [0.4, 0.5) is 5.82 Å². The monoisotopic (exact) mass is 350 g/mol. The molecule has 0 atom stereocenters. The fraction of sp³-hybridized carbons (Fsp3) is 0.188. The Labute approximate surface area is 143 Å². The molecule has 0 bridgehead atoms. The molecular weight excluding hydrogens is 336 g/mol. The van der Waals surface area contributed by atoms with Gasteiger partial charge in [-0.1, -0.05) is 0 Å². The molecule has 0 fully saturated rings. The number of benzene rings is 1. The Morgan fingerprint density at radius 3 is 2.21 bits per heavy atom. The standard InChI is InChI=1S/C16H15ClN2O5/c1-22-11-7-9(8-12(23-2)13(11)24-3)16(21)19-15-10(14(17)20)5-4-6-18-15/h4-8H,1-3H3,(H,18,19,21). The first-order valence-electron chi connectivity index (χ1n) is 6.78. The molecule has 1 aromatic heterocycles. The molecule has 8 heteroatoms. The van der Waals surface area contributed by atoms with E-state index in [9.17, 15) is 9.59 Å². The molecule has 24 heavy (non-hydrogen) atoms. The van der Waals surface area contributed by atoms with E-state index >= 15 is 0 Å². The predicted molar refractivity (Wildman–Crippen MR) is 88.5 cm³/mol. The van der Waals surface area contributed by atoms with Crippen LogP contribution in [-0.2, 0) is 0 Å². The van der Waals surface area contributed by atoms with Gasteiger partial charge in [0.05, 0.1) is 26.9 Å². The van der Waals surface area contributed by atoms with Gasteiger partial charge < -0.3 is 19.5 Å². The molecule has 0 unspecified atom stereocenters. The lowest BCUT2D eigenvalue weighted by Gasteiger charge is -2.14. The highest BCUT2D eigenvalue weighted by Crippen LogP contribution is 2.38. The van der Waals surface area contributed by atoms with Crippen molar-refractivity contribution >= 4 is 28.6 Å². The summed E-state index contributed by atoms with van der Waals surface area (Å²) >= 11 is 5.49. The first-order chi connectivity index (χ1) is 11.5. The molecule has 0 aliphatic rings. The van der Waals surface area contributed by atoms with Gasteiger partial charge in [-0.15, -0.1) is 0 Å². The number of halogens is 1. The number of methoxy groups -OCH3 is 3. The molecule has 0 saturated carbocycles. The Morgan fingerprint density at radius 2 is 1.71 bits per heavy atom. The van der Waals surface area contributed by atoms with Gasteiger partial charge in [0, 0.05) is 11.8 Å². The van der Waals surface area contributed by atoms with Crippen LogP contribution < -0.4 is 19.5 Å². The lowest BCUT2D eigenvalue weighted by molar-refractivity contribution is 0.102. The van der Waals surface area contributed by atoms with Gasteiger partial charge >= 0.3 is 0 Å². The smallest absolute Gasteiger partial charge is 0.257 e. The molecule has 126 valence electrons. The van der Waals surface area contributed by atoms with Gasteiger partial charge in [0.2, 0.25) is 5.75 Å². The number of pyridine rings is 1. The Hall–Kier alpha value is -2.80. The quantitative estimate of drug-likeness (QED) is 0.806. The van der Waals surface area contributed by atoms with E-state index in [-0.39, 0.29) is 16.9 Å². The van der Waals surface area contributed by atoms with E-state index in [2.05, 4.69) is 10.3 Å². The van der Waals surface area contributed by atoms with Crippen LogP contribution in [0.15, 0.2) is 30.5 Å². The number of ether oxygens (including phenoxy) is 3. The number of hydrogen-bond acceptors (Lipinski definition) is 6. The highest BCUT2D eigenvalue weighted by Gasteiger charge is 2.19. The van der Waals surface area contributed by atoms with Crippen LogP contribution in [0.3, 0.4) is 0 Å². The highest BCUT2D eigenvalue weighted by molar-refractivity contribution is 6.68. The number of nitrogens with one attached hydrogen (secondary N) is 1. The van der Waals surface area contributed by atoms with Crippen molar-refractivity contribution in [2.75, 3.05) is 26.6 Å². The van der Waals surface area contributed by atoms with Gasteiger partial charge in [0.15, 0.2) is 11.5 Å². The second-order valence-corrected chi connectivity index (χ2v) is 4.88. The molecule has 1 heterocycles. The van der Waals surface area contributed by atoms with E-state index < -0.39 is 11.1 Å². The van der Waals surface area contributed by atoms with Gasteiger partial charge in [-0.05, 0) is 35.9 Å². The second kappa shape index (κ2) is 7.65. The van der Waals surface area contributed by atoms with E-state index in [1.54, 1.807) is 6.07 Å². The average molecular weight is 351 g/mol. The second-order valence-electron chi connectivity index (χ2n) is 4.54. The molecule has 1 N–H and O–H groups in total. The van der Waals surface area contributed by atoms with E-state index in [1.165, 1.54) is 45.7 Å². The molecule has 7 nitrogen and oxygen atoms in total.